The smallest absolute Gasteiger partial charge is 0.352 e. The minimum Gasteiger partial charge on any atom is -0.477 e. The highest BCUT2D eigenvalue weighted by atomic mass is 79.9. The average Bonchev–Trinajstić information content (AvgIpc) is 2.82. The number of carboxylic acids is 1. The van der Waals surface area contributed by atoms with Gasteiger partial charge in [0.25, 0.3) is 0 Å². The lowest BCUT2D eigenvalue weighted by Crippen LogP contribution is -2.09. The molecule has 106 valence electrons. The molecule has 5 heteroatoms. The van der Waals surface area contributed by atoms with Gasteiger partial charge >= 0.3 is 5.97 Å². The minimum absolute atomic E-state index is 0.219. The molecule has 3 aromatic rings. The highest BCUT2D eigenvalue weighted by Gasteiger charge is 2.14. The quantitative estimate of drug-likeness (QED) is 0.767. The zero-order valence-electron chi connectivity index (χ0n) is 10.9. The number of rotatable bonds is 3. The fraction of sp³-hybridized carbons (Fsp3) is 0.0625. The van der Waals surface area contributed by atoms with Gasteiger partial charge in [-0.1, -0.05) is 24.3 Å². The van der Waals surface area contributed by atoms with Gasteiger partial charge in [-0.25, -0.2) is 9.18 Å². The van der Waals surface area contributed by atoms with Gasteiger partial charge in [-0.3, -0.25) is 0 Å². The zero-order valence-corrected chi connectivity index (χ0v) is 12.5. The largest absolute Gasteiger partial charge is 0.477 e. The molecule has 0 amide bonds. The number of fused-ring (bicyclic) bond motifs is 1. The normalized spacial score (nSPS) is 11.0. The van der Waals surface area contributed by atoms with Crippen LogP contribution in [0.4, 0.5) is 4.39 Å². The van der Waals surface area contributed by atoms with Crippen LogP contribution in [-0.2, 0) is 6.54 Å². The molecule has 1 heterocycles. The Kier molecular flexibility index (Phi) is 3.51. The van der Waals surface area contributed by atoms with Crippen molar-refractivity contribution in [1.29, 1.82) is 0 Å². The van der Waals surface area contributed by atoms with Gasteiger partial charge in [0.05, 0.1) is 4.47 Å². The number of aromatic carboxylic acids is 1. The Bertz CT molecular complexity index is 841. The van der Waals surface area contributed by atoms with Crippen LogP contribution in [0.5, 0.6) is 0 Å². The first-order valence-electron chi connectivity index (χ1n) is 6.32. The molecule has 0 aliphatic carbocycles. The lowest BCUT2D eigenvalue weighted by molar-refractivity contribution is 0.0686. The number of hydrogen-bond donors (Lipinski definition) is 1. The summed E-state index contributed by atoms with van der Waals surface area (Å²) in [6.07, 6.45) is 0. The number of para-hydroxylation sites is 1. The molecular formula is C16H11BrFNO2. The van der Waals surface area contributed by atoms with Crippen LogP contribution < -0.4 is 0 Å². The van der Waals surface area contributed by atoms with E-state index < -0.39 is 5.97 Å². The first kappa shape index (κ1) is 13.8. The van der Waals surface area contributed by atoms with Crippen molar-refractivity contribution in [3.63, 3.8) is 0 Å². The first-order valence-corrected chi connectivity index (χ1v) is 7.11. The summed E-state index contributed by atoms with van der Waals surface area (Å²) in [6.45, 7) is 0.369. The Morgan fingerprint density at radius 3 is 2.67 bits per heavy atom. The Hall–Kier alpha value is -2.14. The second-order valence-electron chi connectivity index (χ2n) is 4.73. The number of aromatic nitrogens is 1. The molecular weight excluding hydrogens is 337 g/mol. The van der Waals surface area contributed by atoms with Crippen LogP contribution in [0.1, 0.15) is 16.1 Å². The van der Waals surface area contributed by atoms with E-state index in [0.29, 0.717) is 11.0 Å². The summed E-state index contributed by atoms with van der Waals surface area (Å²) in [7, 11) is 0. The fourth-order valence-electron chi connectivity index (χ4n) is 2.38. The summed E-state index contributed by atoms with van der Waals surface area (Å²) >= 11 is 3.15. The maximum atomic E-state index is 13.3. The number of benzene rings is 2. The molecule has 0 aliphatic rings. The number of halogens is 2. The molecule has 3 nitrogen and oxygen atoms in total. The Labute approximate surface area is 128 Å². The predicted octanol–water partition coefficient (Wildman–Crippen LogP) is 4.29. The third-order valence-electron chi connectivity index (χ3n) is 3.35. The van der Waals surface area contributed by atoms with E-state index in [4.69, 9.17) is 0 Å². The van der Waals surface area contributed by atoms with E-state index in [2.05, 4.69) is 15.9 Å². The summed E-state index contributed by atoms with van der Waals surface area (Å²) in [6, 6.07) is 13.8. The second-order valence-corrected chi connectivity index (χ2v) is 5.58. The summed E-state index contributed by atoms with van der Waals surface area (Å²) in [5.74, 6) is -1.32. The molecule has 0 atom stereocenters. The Morgan fingerprint density at radius 1 is 1.19 bits per heavy atom. The van der Waals surface area contributed by atoms with Crippen molar-refractivity contribution in [2.24, 2.45) is 0 Å². The maximum absolute atomic E-state index is 13.3. The molecule has 3 rings (SSSR count). The van der Waals surface area contributed by atoms with Gasteiger partial charge in [0.2, 0.25) is 0 Å². The fourth-order valence-corrected chi connectivity index (χ4v) is 2.80. The van der Waals surface area contributed by atoms with Crippen LogP contribution >= 0.6 is 15.9 Å². The molecule has 21 heavy (non-hydrogen) atoms. The lowest BCUT2D eigenvalue weighted by Gasteiger charge is -2.09. The predicted molar refractivity (Wildman–Crippen MR) is 82.1 cm³/mol. The van der Waals surface area contributed by atoms with Crippen LogP contribution in [-0.4, -0.2) is 15.6 Å². The molecule has 2 aromatic carbocycles. The zero-order chi connectivity index (χ0) is 15.0. The van der Waals surface area contributed by atoms with E-state index >= 15 is 0 Å². The molecule has 1 N–H and O–H groups in total. The van der Waals surface area contributed by atoms with Crippen LogP contribution in [0.3, 0.4) is 0 Å². The van der Waals surface area contributed by atoms with E-state index in [1.165, 1.54) is 6.07 Å². The number of carboxylic acid groups (broad SMARTS) is 1. The third-order valence-corrected chi connectivity index (χ3v) is 3.96. The van der Waals surface area contributed by atoms with Crippen LogP contribution in [0.15, 0.2) is 53.0 Å². The van der Waals surface area contributed by atoms with E-state index in [9.17, 15) is 14.3 Å². The highest BCUT2D eigenvalue weighted by Crippen LogP contribution is 2.23. The van der Waals surface area contributed by atoms with Crippen LogP contribution in [0.2, 0.25) is 0 Å². The topological polar surface area (TPSA) is 42.2 Å². The second kappa shape index (κ2) is 5.33. The molecule has 0 saturated heterocycles. The number of hydrogen-bond acceptors (Lipinski definition) is 1. The third kappa shape index (κ3) is 2.56. The van der Waals surface area contributed by atoms with Gasteiger partial charge in [0.15, 0.2) is 0 Å². The standard InChI is InChI=1S/C16H11BrFNO2/c17-12-7-10(5-6-13(12)18)9-19-14-4-2-1-3-11(14)8-15(19)16(20)21/h1-8H,9H2,(H,20,21). The van der Waals surface area contributed by atoms with Crippen molar-refractivity contribution >= 4 is 32.8 Å². The minimum atomic E-state index is -0.979. The van der Waals surface area contributed by atoms with Crippen molar-refractivity contribution in [3.05, 3.63) is 70.1 Å². The highest BCUT2D eigenvalue weighted by molar-refractivity contribution is 9.10. The summed E-state index contributed by atoms with van der Waals surface area (Å²) in [5.41, 5.74) is 1.89. The van der Waals surface area contributed by atoms with Gasteiger partial charge in [-0.15, -0.1) is 0 Å². The van der Waals surface area contributed by atoms with E-state index in [1.807, 2.05) is 24.3 Å². The number of nitrogens with zero attached hydrogens (tertiary/aromatic N) is 1. The monoisotopic (exact) mass is 347 g/mol. The van der Waals surface area contributed by atoms with Crippen LogP contribution in [0, 0.1) is 5.82 Å². The van der Waals surface area contributed by atoms with Gasteiger partial charge in [-0.05, 0) is 45.8 Å². The van der Waals surface area contributed by atoms with Crippen molar-refractivity contribution in [1.82, 2.24) is 4.57 Å². The molecule has 0 spiro atoms. The molecule has 0 aliphatic heterocycles. The van der Waals surface area contributed by atoms with Crippen molar-refractivity contribution in [2.75, 3.05) is 0 Å². The van der Waals surface area contributed by atoms with E-state index in [-0.39, 0.29) is 11.5 Å². The maximum Gasteiger partial charge on any atom is 0.352 e. The van der Waals surface area contributed by atoms with Gasteiger partial charge in [-0.2, -0.15) is 0 Å². The molecule has 0 unspecified atom stereocenters. The summed E-state index contributed by atoms with van der Waals surface area (Å²) in [5, 5.41) is 10.2. The number of carbonyl (C=O) groups is 1. The molecule has 1 aromatic heterocycles. The van der Waals surface area contributed by atoms with Crippen LogP contribution in [0.25, 0.3) is 10.9 Å². The van der Waals surface area contributed by atoms with E-state index in [0.717, 1.165) is 16.5 Å². The van der Waals surface area contributed by atoms with E-state index in [1.54, 1.807) is 22.8 Å². The molecule has 0 saturated carbocycles. The molecule has 0 fully saturated rings. The molecule has 0 radical (unpaired) electrons. The lowest BCUT2D eigenvalue weighted by atomic mass is 10.2. The Balaban J connectivity index is 2.12. The van der Waals surface area contributed by atoms with Crippen molar-refractivity contribution in [3.8, 4) is 0 Å². The van der Waals surface area contributed by atoms with Gasteiger partial charge in [0.1, 0.15) is 11.5 Å². The van der Waals surface area contributed by atoms with Gasteiger partial charge < -0.3 is 9.67 Å². The summed E-state index contributed by atoms with van der Waals surface area (Å²) in [4.78, 5) is 11.4. The van der Waals surface area contributed by atoms with Crippen molar-refractivity contribution in [2.45, 2.75) is 6.54 Å². The SMILES string of the molecule is O=C(O)c1cc2ccccc2n1Cc1ccc(F)c(Br)c1. The summed E-state index contributed by atoms with van der Waals surface area (Å²) < 4.78 is 15.4. The first-order chi connectivity index (χ1) is 10.1. The van der Waals surface area contributed by atoms with Gasteiger partial charge in [0, 0.05) is 17.4 Å². The average molecular weight is 348 g/mol. The van der Waals surface area contributed by atoms with Crippen molar-refractivity contribution < 1.29 is 14.3 Å². The molecule has 0 bridgehead atoms. The Morgan fingerprint density at radius 2 is 1.95 bits per heavy atom.